The molecule has 104 valence electrons. The van der Waals surface area contributed by atoms with Crippen molar-refractivity contribution in [2.24, 2.45) is 0 Å². The first-order valence-corrected chi connectivity index (χ1v) is 6.86. The fourth-order valence-corrected chi connectivity index (χ4v) is 2.14. The standard InChI is InChI=1S/C13H14N4O2S/c1-9(10-5-2-3-7-14-10)15-13(19)17-16-12(18)11-6-4-8-20-11/h2-9H,1H3,(H,16,18)(H2,15,17,19). The van der Waals surface area contributed by atoms with Crippen LogP contribution < -0.4 is 16.2 Å². The third kappa shape index (κ3) is 3.79. The van der Waals surface area contributed by atoms with Crippen LogP contribution in [0.1, 0.15) is 28.3 Å². The number of nitrogens with zero attached hydrogens (tertiary/aromatic N) is 1. The first-order valence-electron chi connectivity index (χ1n) is 5.98. The van der Waals surface area contributed by atoms with Crippen molar-refractivity contribution in [2.75, 3.05) is 0 Å². The van der Waals surface area contributed by atoms with E-state index in [-0.39, 0.29) is 11.9 Å². The summed E-state index contributed by atoms with van der Waals surface area (Å²) in [5, 5.41) is 4.46. The van der Waals surface area contributed by atoms with Crippen LogP contribution in [0.3, 0.4) is 0 Å². The molecule has 0 aliphatic heterocycles. The molecule has 1 atom stereocenters. The molecule has 0 aliphatic rings. The lowest BCUT2D eigenvalue weighted by molar-refractivity contribution is 0.0940. The molecule has 0 aromatic carbocycles. The molecule has 1 unspecified atom stereocenters. The smallest absolute Gasteiger partial charge is 0.329 e. The highest BCUT2D eigenvalue weighted by molar-refractivity contribution is 7.12. The van der Waals surface area contributed by atoms with Gasteiger partial charge in [-0.3, -0.25) is 15.2 Å². The molecule has 7 heteroatoms. The Hall–Kier alpha value is -2.41. The Bertz CT molecular complexity index is 571. The van der Waals surface area contributed by atoms with Crippen molar-refractivity contribution in [1.82, 2.24) is 21.2 Å². The number of amides is 3. The summed E-state index contributed by atoms with van der Waals surface area (Å²) >= 11 is 1.30. The Morgan fingerprint density at radius 1 is 1.20 bits per heavy atom. The van der Waals surface area contributed by atoms with Gasteiger partial charge < -0.3 is 5.32 Å². The van der Waals surface area contributed by atoms with Crippen LogP contribution in [0.15, 0.2) is 41.9 Å². The van der Waals surface area contributed by atoms with Crippen LogP contribution in [0.5, 0.6) is 0 Å². The molecule has 0 fully saturated rings. The third-order valence-corrected chi connectivity index (χ3v) is 3.38. The minimum Gasteiger partial charge on any atom is -0.329 e. The number of hydrazine groups is 1. The molecule has 2 rings (SSSR count). The lowest BCUT2D eigenvalue weighted by Gasteiger charge is -2.14. The SMILES string of the molecule is CC(NC(=O)NNC(=O)c1cccs1)c1ccccn1. The molecule has 6 nitrogen and oxygen atoms in total. The molecule has 2 heterocycles. The summed E-state index contributed by atoms with van der Waals surface area (Å²) in [5.41, 5.74) is 5.37. The molecule has 0 aliphatic carbocycles. The minimum atomic E-state index is -0.493. The lowest BCUT2D eigenvalue weighted by Crippen LogP contribution is -2.47. The van der Waals surface area contributed by atoms with E-state index in [0.29, 0.717) is 4.88 Å². The molecule has 0 radical (unpaired) electrons. The zero-order valence-electron chi connectivity index (χ0n) is 10.8. The highest BCUT2D eigenvalue weighted by Gasteiger charge is 2.11. The van der Waals surface area contributed by atoms with Gasteiger partial charge in [-0.25, -0.2) is 10.2 Å². The largest absolute Gasteiger partial charge is 0.334 e. The Labute approximate surface area is 120 Å². The highest BCUT2D eigenvalue weighted by atomic mass is 32.1. The van der Waals surface area contributed by atoms with Crippen LogP contribution in [0.25, 0.3) is 0 Å². The monoisotopic (exact) mass is 290 g/mol. The van der Waals surface area contributed by atoms with E-state index < -0.39 is 6.03 Å². The molecule has 0 bridgehead atoms. The maximum atomic E-state index is 11.6. The van der Waals surface area contributed by atoms with E-state index in [2.05, 4.69) is 21.2 Å². The molecule has 20 heavy (non-hydrogen) atoms. The number of urea groups is 1. The van der Waals surface area contributed by atoms with Gasteiger partial charge >= 0.3 is 6.03 Å². The van der Waals surface area contributed by atoms with E-state index in [9.17, 15) is 9.59 Å². The van der Waals surface area contributed by atoms with E-state index in [1.807, 2.05) is 19.1 Å². The van der Waals surface area contributed by atoms with Gasteiger partial charge in [0, 0.05) is 6.20 Å². The van der Waals surface area contributed by atoms with E-state index in [4.69, 9.17) is 0 Å². The Kier molecular flexibility index (Phi) is 4.67. The molecular formula is C13H14N4O2S. The van der Waals surface area contributed by atoms with Crippen molar-refractivity contribution in [3.63, 3.8) is 0 Å². The number of aromatic nitrogens is 1. The number of carbonyl (C=O) groups excluding carboxylic acids is 2. The van der Waals surface area contributed by atoms with Gasteiger partial charge in [0.25, 0.3) is 5.91 Å². The fourth-order valence-electron chi connectivity index (χ4n) is 1.52. The van der Waals surface area contributed by atoms with E-state index in [1.54, 1.807) is 29.8 Å². The molecule has 3 N–H and O–H groups in total. The quantitative estimate of drug-likeness (QED) is 0.754. The Morgan fingerprint density at radius 2 is 2.05 bits per heavy atom. The molecule has 0 spiro atoms. The topological polar surface area (TPSA) is 83.1 Å². The summed E-state index contributed by atoms with van der Waals surface area (Å²) in [6.45, 7) is 1.81. The second-order valence-electron chi connectivity index (χ2n) is 4.01. The van der Waals surface area contributed by atoms with Crippen molar-refractivity contribution in [3.05, 3.63) is 52.5 Å². The van der Waals surface area contributed by atoms with Gasteiger partial charge in [0.05, 0.1) is 16.6 Å². The summed E-state index contributed by atoms with van der Waals surface area (Å²) in [5.74, 6) is -0.347. The average Bonchev–Trinajstić information content (AvgIpc) is 3.00. The summed E-state index contributed by atoms with van der Waals surface area (Å²) in [6.07, 6.45) is 1.66. The highest BCUT2D eigenvalue weighted by Crippen LogP contribution is 2.08. The number of nitrogens with one attached hydrogen (secondary N) is 3. The summed E-state index contributed by atoms with van der Waals surface area (Å²) in [6, 6.07) is 8.16. The molecule has 3 amide bonds. The van der Waals surface area contributed by atoms with Crippen molar-refractivity contribution in [2.45, 2.75) is 13.0 Å². The van der Waals surface area contributed by atoms with Gasteiger partial charge in [-0.2, -0.15) is 0 Å². The number of pyridine rings is 1. The van der Waals surface area contributed by atoms with Gasteiger partial charge in [0.2, 0.25) is 0 Å². The number of thiophene rings is 1. The van der Waals surface area contributed by atoms with Gasteiger partial charge in [-0.1, -0.05) is 12.1 Å². The number of hydrogen-bond donors (Lipinski definition) is 3. The fraction of sp³-hybridized carbons (Fsp3) is 0.154. The first-order chi connectivity index (χ1) is 9.66. The van der Waals surface area contributed by atoms with Gasteiger partial charge in [0.15, 0.2) is 0 Å². The average molecular weight is 290 g/mol. The predicted octanol–water partition coefficient (Wildman–Crippen LogP) is 1.85. The zero-order valence-corrected chi connectivity index (χ0v) is 11.6. The van der Waals surface area contributed by atoms with Crippen LogP contribution in [-0.4, -0.2) is 16.9 Å². The molecule has 2 aromatic heterocycles. The number of carbonyl (C=O) groups is 2. The predicted molar refractivity (Wildman–Crippen MR) is 76.1 cm³/mol. The van der Waals surface area contributed by atoms with Crippen molar-refractivity contribution in [3.8, 4) is 0 Å². The lowest BCUT2D eigenvalue weighted by atomic mass is 10.2. The van der Waals surface area contributed by atoms with Crippen LogP contribution >= 0.6 is 11.3 Å². The molecule has 0 saturated carbocycles. The first kappa shape index (κ1) is 14.0. The minimum absolute atomic E-state index is 0.255. The normalized spacial score (nSPS) is 11.4. The van der Waals surface area contributed by atoms with Crippen molar-refractivity contribution < 1.29 is 9.59 Å². The second-order valence-corrected chi connectivity index (χ2v) is 4.95. The summed E-state index contributed by atoms with van der Waals surface area (Å²) < 4.78 is 0. The van der Waals surface area contributed by atoms with Crippen molar-refractivity contribution in [1.29, 1.82) is 0 Å². The zero-order chi connectivity index (χ0) is 14.4. The molecule has 2 aromatic rings. The van der Waals surface area contributed by atoms with Gasteiger partial charge in [0.1, 0.15) is 0 Å². The summed E-state index contributed by atoms with van der Waals surface area (Å²) in [4.78, 5) is 27.9. The second kappa shape index (κ2) is 6.67. The maximum Gasteiger partial charge on any atom is 0.334 e. The van der Waals surface area contributed by atoms with Crippen molar-refractivity contribution >= 4 is 23.3 Å². The van der Waals surface area contributed by atoms with Gasteiger partial charge in [-0.15, -0.1) is 11.3 Å². The van der Waals surface area contributed by atoms with E-state index in [1.165, 1.54) is 11.3 Å². The maximum absolute atomic E-state index is 11.6. The van der Waals surface area contributed by atoms with Gasteiger partial charge in [-0.05, 0) is 30.5 Å². The summed E-state index contributed by atoms with van der Waals surface area (Å²) in [7, 11) is 0. The third-order valence-electron chi connectivity index (χ3n) is 2.51. The van der Waals surface area contributed by atoms with Crippen LogP contribution in [-0.2, 0) is 0 Å². The Morgan fingerprint density at radius 3 is 2.70 bits per heavy atom. The molecular weight excluding hydrogens is 276 g/mol. The van der Waals surface area contributed by atoms with E-state index in [0.717, 1.165) is 5.69 Å². The van der Waals surface area contributed by atoms with E-state index >= 15 is 0 Å². The van der Waals surface area contributed by atoms with Crippen LogP contribution in [0.2, 0.25) is 0 Å². The number of hydrogen-bond acceptors (Lipinski definition) is 4. The Balaban J connectivity index is 1.80. The van der Waals surface area contributed by atoms with Crippen LogP contribution in [0.4, 0.5) is 4.79 Å². The van der Waals surface area contributed by atoms with Crippen LogP contribution in [0, 0.1) is 0 Å². The molecule has 0 saturated heterocycles. The number of rotatable bonds is 3.